The normalized spacial score (nSPS) is 10.6. The highest BCUT2D eigenvalue weighted by Gasteiger charge is 2.08. The largest absolute Gasteiger partial charge is 0.496 e. The number of rotatable bonds is 6. The van der Waals surface area contributed by atoms with E-state index in [4.69, 9.17) is 15.9 Å². The summed E-state index contributed by atoms with van der Waals surface area (Å²) in [5, 5.41) is 7.45. The SMILES string of the molecule is CCN(CC)Cc1ccc(C(=N)N)c(OC)c1. The van der Waals surface area contributed by atoms with Crippen molar-refractivity contribution in [1.29, 1.82) is 5.41 Å². The highest BCUT2D eigenvalue weighted by molar-refractivity contribution is 5.97. The molecule has 17 heavy (non-hydrogen) atoms. The van der Waals surface area contributed by atoms with Gasteiger partial charge in [-0.1, -0.05) is 19.9 Å². The molecule has 1 aromatic carbocycles. The van der Waals surface area contributed by atoms with E-state index in [-0.39, 0.29) is 5.84 Å². The molecule has 0 aliphatic carbocycles. The van der Waals surface area contributed by atoms with Gasteiger partial charge in [-0.15, -0.1) is 0 Å². The molecule has 0 amide bonds. The maximum absolute atomic E-state index is 7.45. The average Bonchev–Trinajstić information content (AvgIpc) is 2.35. The summed E-state index contributed by atoms with van der Waals surface area (Å²) in [6, 6.07) is 5.80. The van der Waals surface area contributed by atoms with E-state index in [0.29, 0.717) is 11.3 Å². The lowest BCUT2D eigenvalue weighted by molar-refractivity contribution is 0.295. The van der Waals surface area contributed by atoms with Crippen LogP contribution in [0.4, 0.5) is 0 Å². The third-order valence-corrected chi connectivity index (χ3v) is 2.86. The van der Waals surface area contributed by atoms with Crippen molar-refractivity contribution in [3.63, 3.8) is 0 Å². The van der Waals surface area contributed by atoms with E-state index in [0.717, 1.165) is 19.6 Å². The number of nitrogen functional groups attached to an aromatic ring is 1. The molecule has 0 fully saturated rings. The maximum Gasteiger partial charge on any atom is 0.130 e. The molecule has 94 valence electrons. The minimum Gasteiger partial charge on any atom is -0.496 e. The molecule has 0 atom stereocenters. The summed E-state index contributed by atoms with van der Waals surface area (Å²) in [5.74, 6) is 0.707. The predicted octanol–water partition coefficient (Wildman–Crippen LogP) is 1.82. The second-order valence-electron chi connectivity index (χ2n) is 3.91. The number of nitrogens with two attached hydrogens (primary N) is 1. The first-order valence-corrected chi connectivity index (χ1v) is 5.86. The summed E-state index contributed by atoms with van der Waals surface area (Å²) in [4.78, 5) is 2.32. The molecule has 0 saturated heterocycles. The first kappa shape index (κ1) is 13.5. The summed E-state index contributed by atoms with van der Waals surface area (Å²) in [6.07, 6.45) is 0. The second-order valence-corrected chi connectivity index (χ2v) is 3.91. The molecule has 1 aromatic rings. The quantitative estimate of drug-likeness (QED) is 0.584. The van der Waals surface area contributed by atoms with Gasteiger partial charge in [-0.2, -0.15) is 0 Å². The fourth-order valence-electron chi connectivity index (χ4n) is 1.76. The molecule has 0 aliphatic rings. The predicted molar refractivity (Wildman–Crippen MR) is 70.6 cm³/mol. The molecule has 4 nitrogen and oxygen atoms in total. The number of hydrogen-bond donors (Lipinski definition) is 2. The van der Waals surface area contributed by atoms with Gasteiger partial charge in [0, 0.05) is 6.54 Å². The average molecular weight is 235 g/mol. The Kier molecular flexibility index (Phi) is 4.97. The number of ether oxygens (including phenoxy) is 1. The van der Waals surface area contributed by atoms with Gasteiger partial charge in [0.05, 0.1) is 12.7 Å². The number of benzene rings is 1. The molecule has 0 saturated carbocycles. The van der Waals surface area contributed by atoms with Gasteiger partial charge in [0.15, 0.2) is 0 Å². The van der Waals surface area contributed by atoms with Gasteiger partial charge in [-0.05, 0) is 30.8 Å². The summed E-state index contributed by atoms with van der Waals surface area (Å²) in [7, 11) is 1.60. The van der Waals surface area contributed by atoms with E-state index in [2.05, 4.69) is 18.7 Å². The van der Waals surface area contributed by atoms with Gasteiger partial charge in [0.1, 0.15) is 11.6 Å². The van der Waals surface area contributed by atoms with Crippen molar-refractivity contribution in [2.24, 2.45) is 5.73 Å². The molecule has 0 radical (unpaired) electrons. The zero-order chi connectivity index (χ0) is 12.8. The van der Waals surface area contributed by atoms with Crippen LogP contribution in [-0.4, -0.2) is 30.9 Å². The highest BCUT2D eigenvalue weighted by atomic mass is 16.5. The first-order valence-electron chi connectivity index (χ1n) is 5.86. The summed E-state index contributed by atoms with van der Waals surface area (Å²) in [6.45, 7) is 7.22. The minimum atomic E-state index is 0.0382. The van der Waals surface area contributed by atoms with Gasteiger partial charge in [-0.3, -0.25) is 10.3 Å². The molecule has 0 spiro atoms. The zero-order valence-corrected chi connectivity index (χ0v) is 10.8. The summed E-state index contributed by atoms with van der Waals surface area (Å²) in [5.41, 5.74) is 7.31. The van der Waals surface area contributed by atoms with Gasteiger partial charge in [0.25, 0.3) is 0 Å². The summed E-state index contributed by atoms with van der Waals surface area (Å²) >= 11 is 0. The Morgan fingerprint density at radius 2 is 2.00 bits per heavy atom. The molecule has 0 bridgehead atoms. The molecule has 1 rings (SSSR count). The van der Waals surface area contributed by atoms with Crippen molar-refractivity contribution in [1.82, 2.24) is 4.90 Å². The Morgan fingerprint density at radius 3 is 2.47 bits per heavy atom. The Labute approximate surface area is 103 Å². The van der Waals surface area contributed by atoms with Crippen LogP contribution in [0.5, 0.6) is 5.75 Å². The molecule has 0 unspecified atom stereocenters. The standard InChI is InChI=1S/C13H21N3O/c1-4-16(5-2)9-10-6-7-11(13(14)15)12(8-10)17-3/h6-8H,4-5,9H2,1-3H3,(H3,14,15). The number of methoxy groups -OCH3 is 1. The van der Waals surface area contributed by atoms with Gasteiger partial charge < -0.3 is 10.5 Å². The minimum absolute atomic E-state index is 0.0382. The lowest BCUT2D eigenvalue weighted by Crippen LogP contribution is -2.22. The van der Waals surface area contributed by atoms with Gasteiger partial charge >= 0.3 is 0 Å². The van der Waals surface area contributed by atoms with E-state index in [9.17, 15) is 0 Å². The molecule has 4 heteroatoms. The van der Waals surface area contributed by atoms with Crippen LogP contribution >= 0.6 is 0 Å². The Balaban J connectivity index is 2.93. The van der Waals surface area contributed by atoms with Crippen LogP contribution in [0, 0.1) is 5.41 Å². The van der Waals surface area contributed by atoms with Crippen molar-refractivity contribution >= 4 is 5.84 Å². The molecule has 3 N–H and O–H groups in total. The lowest BCUT2D eigenvalue weighted by atomic mass is 10.1. The fraction of sp³-hybridized carbons (Fsp3) is 0.462. The number of hydrogen-bond acceptors (Lipinski definition) is 3. The molecular weight excluding hydrogens is 214 g/mol. The van der Waals surface area contributed by atoms with Gasteiger partial charge in [-0.25, -0.2) is 0 Å². The van der Waals surface area contributed by atoms with Crippen LogP contribution in [0.2, 0.25) is 0 Å². The molecule has 0 aliphatic heterocycles. The molecule has 0 heterocycles. The zero-order valence-electron chi connectivity index (χ0n) is 10.8. The Hall–Kier alpha value is -1.55. The topological polar surface area (TPSA) is 62.3 Å². The van der Waals surface area contributed by atoms with E-state index < -0.39 is 0 Å². The fourth-order valence-corrected chi connectivity index (χ4v) is 1.76. The summed E-state index contributed by atoms with van der Waals surface area (Å²) < 4.78 is 5.26. The van der Waals surface area contributed by atoms with Gasteiger partial charge in [0.2, 0.25) is 0 Å². The Bertz CT molecular complexity index is 386. The van der Waals surface area contributed by atoms with E-state index in [1.807, 2.05) is 18.2 Å². The molecule has 0 aromatic heterocycles. The first-order chi connectivity index (χ1) is 8.12. The van der Waals surface area contributed by atoms with Crippen LogP contribution in [0.3, 0.4) is 0 Å². The van der Waals surface area contributed by atoms with Crippen molar-refractivity contribution < 1.29 is 4.74 Å². The van der Waals surface area contributed by atoms with Crippen molar-refractivity contribution in [2.45, 2.75) is 20.4 Å². The van der Waals surface area contributed by atoms with Crippen LogP contribution in [0.25, 0.3) is 0 Å². The second kappa shape index (κ2) is 6.25. The number of amidine groups is 1. The molecular formula is C13H21N3O. The van der Waals surface area contributed by atoms with Crippen LogP contribution in [0.1, 0.15) is 25.0 Å². The van der Waals surface area contributed by atoms with Crippen molar-refractivity contribution in [2.75, 3.05) is 20.2 Å². The van der Waals surface area contributed by atoms with Crippen LogP contribution in [0.15, 0.2) is 18.2 Å². The van der Waals surface area contributed by atoms with Crippen LogP contribution in [-0.2, 0) is 6.54 Å². The smallest absolute Gasteiger partial charge is 0.130 e. The third kappa shape index (κ3) is 3.46. The Morgan fingerprint density at radius 1 is 1.35 bits per heavy atom. The lowest BCUT2D eigenvalue weighted by Gasteiger charge is -2.19. The van der Waals surface area contributed by atoms with Crippen molar-refractivity contribution in [3.05, 3.63) is 29.3 Å². The monoisotopic (exact) mass is 235 g/mol. The number of nitrogens with zero attached hydrogens (tertiary/aromatic N) is 1. The number of nitrogens with one attached hydrogen (secondary N) is 1. The van der Waals surface area contributed by atoms with Crippen LogP contribution < -0.4 is 10.5 Å². The van der Waals surface area contributed by atoms with Crippen molar-refractivity contribution in [3.8, 4) is 5.75 Å². The van der Waals surface area contributed by atoms with E-state index >= 15 is 0 Å². The maximum atomic E-state index is 7.45. The van der Waals surface area contributed by atoms with E-state index in [1.54, 1.807) is 7.11 Å². The third-order valence-electron chi connectivity index (χ3n) is 2.86. The van der Waals surface area contributed by atoms with E-state index in [1.165, 1.54) is 5.56 Å². The highest BCUT2D eigenvalue weighted by Crippen LogP contribution is 2.20.